The maximum Gasteiger partial charge on any atom is 3.00 e. The molecule has 0 aromatic carbocycles. The van der Waals surface area contributed by atoms with E-state index in [1.54, 1.807) is 0 Å². The Kier molecular flexibility index (Phi) is 28.6. The molecule has 55 heavy (non-hydrogen) atoms. The zero-order chi connectivity index (χ0) is 44.2. The first-order valence-corrected chi connectivity index (χ1v) is 41.5. The monoisotopic (exact) mass is 999 g/mol. The van der Waals surface area contributed by atoms with Gasteiger partial charge in [-0.3, -0.25) is 0 Å². The first-order chi connectivity index (χ1) is 23.6. The van der Waals surface area contributed by atoms with Gasteiger partial charge >= 0.3 is 41.7 Å². The molecule has 0 unspecified atom stereocenters. The summed E-state index contributed by atoms with van der Waals surface area (Å²) in [5, 5.41) is 14.4. The van der Waals surface area contributed by atoms with Crippen LogP contribution in [0, 0.1) is 41.7 Å². The molecule has 0 saturated carbocycles. The normalized spacial score (nSPS) is 14.1. The quantitative estimate of drug-likeness (QED) is 0.111. The van der Waals surface area contributed by atoms with E-state index in [4.69, 9.17) is 30.9 Å². The molecule has 0 N–H and O–H groups in total. The van der Waals surface area contributed by atoms with Gasteiger partial charge in [-0.2, -0.15) is 0 Å². The number of hydrogen-bond donors (Lipinski definition) is 0. The van der Waals surface area contributed by atoms with E-state index in [2.05, 4.69) is 214 Å². The third-order valence-corrected chi connectivity index (χ3v) is 28.2. The molecule has 0 atom stereocenters. The zero-order valence-corrected chi connectivity index (χ0v) is 51.6. The van der Waals surface area contributed by atoms with Crippen molar-refractivity contribution >= 4 is 67.3 Å². The van der Waals surface area contributed by atoms with E-state index in [-0.39, 0.29) is 41.7 Å². The van der Waals surface area contributed by atoms with E-state index in [9.17, 15) is 0 Å². The molecule has 0 aliphatic rings. The van der Waals surface area contributed by atoms with E-state index in [0.717, 1.165) is 17.9 Å². The summed E-state index contributed by atoms with van der Waals surface area (Å²) in [5.41, 5.74) is 0. The first-order valence-electron chi connectivity index (χ1n) is 20.8. The second-order valence-electron chi connectivity index (χ2n) is 22.3. The van der Waals surface area contributed by atoms with Crippen molar-refractivity contribution in [1.29, 1.82) is 0 Å². The van der Waals surface area contributed by atoms with Crippen LogP contribution in [0.15, 0.2) is 15.0 Å². The predicted molar refractivity (Wildman–Crippen MR) is 269 cm³/mol. The van der Waals surface area contributed by atoms with Gasteiger partial charge in [-0.15, -0.1) is 0 Å². The molecule has 1 radical (unpaired) electrons. The van der Waals surface area contributed by atoms with Crippen molar-refractivity contribution in [2.75, 3.05) is 0 Å². The van der Waals surface area contributed by atoms with Gasteiger partial charge in [0, 0.05) is 17.9 Å². The minimum atomic E-state index is -1.45. The molecule has 0 aromatic rings. The number of aliphatic imine (C=N–C) groups is 3. The Morgan fingerprint density at radius 1 is 0.309 bits per heavy atom. The molecule has 325 valence electrons. The van der Waals surface area contributed by atoms with E-state index >= 15 is 0 Å². The van der Waals surface area contributed by atoms with Crippen LogP contribution < -0.4 is 0 Å². The molecule has 0 rings (SSSR count). The summed E-state index contributed by atoms with van der Waals surface area (Å²) in [6.07, 6.45) is 0. The Hall–Kier alpha value is 0.488. The summed E-state index contributed by atoms with van der Waals surface area (Å²) >= 11 is 0. The zero-order valence-electron chi connectivity index (χ0n) is 42.5. The van der Waals surface area contributed by atoms with Crippen molar-refractivity contribution in [3.8, 4) is 0 Å². The van der Waals surface area contributed by atoms with Crippen molar-refractivity contribution in [1.82, 2.24) is 12.7 Å². The van der Waals surface area contributed by atoms with Gasteiger partial charge in [-0.25, -0.2) is 0 Å². The van der Waals surface area contributed by atoms with E-state index < -0.39 is 49.4 Å². The summed E-state index contributed by atoms with van der Waals surface area (Å²) in [5.74, 6) is 3.00. The molecular weight excluding hydrogens is 903 g/mol. The van der Waals surface area contributed by atoms with Crippen LogP contribution in [0.5, 0.6) is 0 Å². The maximum absolute atomic E-state index is 4.80. The second kappa shape index (κ2) is 25.3. The number of guanidine groups is 3. The fourth-order valence-electron chi connectivity index (χ4n) is 6.65. The smallest absolute Gasteiger partial charge is 0.450 e. The van der Waals surface area contributed by atoms with Gasteiger partial charge in [0.1, 0.15) is 0 Å². The number of nitrogens with zero attached hydrogens (tertiary/aromatic N) is 9. The molecule has 0 aliphatic heterocycles. The molecule has 0 amide bonds. The van der Waals surface area contributed by atoms with Crippen molar-refractivity contribution < 1.29 is 41.7 Å². The maximum atomic E-state index is 4.80. The van der Waals surface area contributed by atoms with Crippen molar-refractivity contribution in [2.45, 2.75) is 237 Å². The Balaban J connectivity index is -0.000000351. The predicted octanol–water partition coefficient (Wildman–Crippen LogP) is 13.5. The summed E-state index contributed by atoms with van der Waals surface area (Å²) in [7, 11) is -8.69. The number of hydrogen-bond acceptors (Lipinski definition) is 3. The minimum Gasteiger partial charge on any atom is -0.450 e. The second-order valence-corrected chi connectivity index (χ2v) is 52.3. The van der Waals surface area contributed by atoms with Gasteiger partial charge < -0.3 is 43.6 Å². The van der Waals surface area contributed by atoms with Crippen LogP contribution in [-0.4, -0.2) is 116 Å². The van der Waals surface area contributed by atoms with Gasteiger partial charge in [-0.05, 0) is 36.3 Å². The van der Waals surface area contributed by atoms with Crippen molar-refractivity contribution in [2.24, 2.45) is 15.0 Å². The van der Waals surface area contributed by atoms with E-state index in [0.29, 0.717) is 36.3 Å². The van der Waals surface area contributed by atoms with Gasteiger partial charge in [-0.1, -0.05) is 201 Å². The molecule has 16 heteroatoms. The largest absolute Gasteiger partial charge is 3.00 e. The van der Waals surface area contributed by atoms with Crippen LogP contribution in [0.2, 0.25) is 118 Å². The molecule has 0 aromatic heterocycles. The van der Waals surface area contributed by atoms with Gasteiger partial charge in [0.15, 0.2) is 0 Å². The van der Waals surface area contributed by atoms with Crippen molar-refractivity contribution in [3.63, 3.8) is 0 Å². The Morgan fingerprint density at radius 2 is 0.436 bits per heavy atom. The SMILES string of the molecule is CC(C)N=C([N-]C(C)C)N([Si](C)(C)C)[Si](C)(C)C.CC(C)N=C([N-]C(C)C)N([Si](C)(C)C)[Si](C)(C)C.CC(C)N=C([N-]C(C)C)N([Si](C)(C)C)[Si](C)(C)C.[Ce+3]. The summed E-state index contributed by atoms with van der Waals surface area (Å²) < 4.78 is 7.79. The molecule has 0 bridgehead atoms. The van der Waals surface area contributed by atoms with Crippen LogP contribution in [0.3, 0.4) is 0 Å². The fourth-order valence-corrected chi connectivity index (χ4v) is 35.1. The molecule has 9 nitrogen and oxygen atoms in total. The molecule has 0 fully saturated rings. The Labute approximate surface area is 386 Å². The van der Waals surface area contributed by atoms with Gasteiger partial charge in [0.25, 0.3) is 0 Å². The van der Waals surface area contributed by atoms with Gasteiger partial charge in [0.05, 0.1) is 49.4 Å². The van der Waals surface area contributed by atoms with Gasteiger partial charge in [0.2, 0.25) is 0 Å². The summed E-state index contributed by atoms with van der Waals surface area (Å²) in [6, 6.07) is 1.82. The standard InChI is InChI=1S/3C13H32N3Si2.Ce/c3*1-11(2)14-13(15-12(3)4)16(17(5,6)7)18(8,9)10;/h3*11-12H,1-10H3;/q3*-1;+3. The fraction of sp³-hybridized carbons (Fsp3) is 0.923. The molecule has 0 saturated heterocycles. The molecule has 0 aliphatic carbocycles. The van der Waals surface area contributed by atoms with Crippen LogP contribution >= 0.6 is 0 Å². The first kappa shape index (κ1) is 62.1. The van der Waals surface area contributed by atoms with Crippen LogP contribution in [0.25, 0.3) is 16.0 Å². The minimum absolute atomic E-state index is 0. The summed E-state index contributed by atoms with van der Waals surface area (Å²) in [6.45, 7) is 68.5. The van der Waals surface area contributed by atoms with Crippen LogP contribution in [0.4, 0.5) is 0 Å². The van der Waals surface area contributed by atoms with Crippen molar-refractivity contribution in [3.05, 3.63) is 16.0 Å². The Morgan fingerprint density at radius 3 is 0.509 bits per heavy atom. The van der Waals surface area contributed by atoms with E-state index in [1.807, 2.05) is 0 Å². The molecule has 0 spiro atoms. The third-order valence-electron chi connectivity index (χ3n) is 6.87. The van der Waals surface area contributed by atoms with Crippen LogP contribution in [0.1, 0.15) is 83.1 Å². The van der Waals surface area contributed by atoms with Crippen LogP contribution in [-0.2, 0) is 0 Å². The molecular formula is C39H96CeN9Si6. The number of rotatable bonds is 12. The topological polar surface area (TPSA) is 89.1 Å². The Bertz CT molecular complexity index is 965. The average molecular weight is 1000 g/mol. The summed E-state index contributed by atoms with van der Waals surface area (Å²) in [4.78, 5) is 14.4. The third kappa shape index (κ3) is 28.6. The average Bonchev–Trinajstić information content (AvgIpc) is 2.76. The molecule has 0 heterocycles. The van der Waals surface area contributed by atoms with E-state index in [1.165, 1.54) is 0 Å².